The van der Waals surface area contributed by atoms with Gasteiger partial charge in [-0.15, -0.1) is 0 Å². The van der Waals surface area contributed by atoms with Gasteiger partial charge in [-0.3, -0.25) is 9.78 Å². The van der Waals surface area contributed by atoms with Gasteiger partial charge in [0.1, 0.15) is 5.82 Å². The van der Waals surface area contributed by atoms with E-state index in [4.69, 9.17) is 4.74 Å². The first-order valence-corrected chi connectivity index (χ1v) is 12.5. The van der Waals surface area contributed by atoms with E-state index in [1.165, 1.54) is 23.1 Å². The Bertz CT molecular complexity index is 1260. The van der Waals surface area contributed by atoms with Crippen LogP contribution in [0.15, 0.2) is 36.8 Å². The maximum atomic E-state index is 14.3. The van der Waals surface area contributed by atoms with Gasteiger partial charge in [-0.25, -0.2) is 4.39 Å². The highest BCUT2D eigenvalue weighted by Gasteiger charge is 2.39. The monoisotopic (exact) mass is 478 g/mol. The number of rotatable bonds is 7. The first kappa shape index (κ1) is 23.9. The molecule has 0 aliphatic carbocycles. The molecule has 0 spiro atoms. The first-order valence-electron chi connectivity index (χ1n) is 12.5. The Hall–Kier alpha value is -2.77. The van der Waals surface area contributed by atoms with Gasteiger partial charge in [0.25, 0.3) is 5.91 Å². The summed E-state index contributed by atoms with van der Waals surface area (Å²) in [6.07, 6.45) is 6.83. The van der Waals surface area contributed by atoms with Crippen molar-refractivity contribution in [3.63, 3.8) is 0 Å². The van der Waals surface area contributed by atoms with Crippen LogP contribution in [0, 0.1) is 24.1 Å². The van der Waals surface area contributed by atoms with Crippen LogP contribution in [-0.2, 0) is 11.2 Å². The van der Waals surface area contributed by atoms with E-state index in [0.29, 0.717) is 22.6 Å². The van der Waals surface area contributed by atoms with E-state index in [9.17, 15) is 9.18 Å². The molecule has 3 aromatic rings. The molecular weight excluding hydrogens is 443 g/mol. The number of hydrogen-bond donors (Lipinski definition) is 0. The van der Waals surface area contributed by atoms with Gasteiger partial charge in [0.15, 0.2) is 0 Å². The molecule has 0 saturated carbocycles. The van der Waals surface area contributed by atoms with E-state index in [-0.39, 0.29) is 11.9 Å². The summed E-state index contributed by atoms with van der Waals surface area (Å²) in [5.74, 6) is -0.0189. The highest BCUT2D eigenvalue weighted by molar-refractivity contribution is 5.99. The third-order valence-electron chi connectivity index (χ3n) is 7.57. The second-order valence-electron chi connectivity index (χ2n) is 11.1. The number of ether oxygens (including phenoxy) is 1. The third kappa shape index (κ3) is 4.47. The number of fused-ring (bicyclic) bond motifs is 1. The molecule has 2 aromatic heterocycles. The van der Waals surface area contributed by atoms with Gasteiger partial charge >= 0.3 is 0 Å². The summed E-state index contributed by atoms with van der Waals surface area (Å²) in [6, 6.07) is 4.48. The fraction of sp³-hybridized carbons (Fsp3) is 0.500. The summed E-state index contributed by atoms with van der Waals surface area (Å²) < 4.78 is 21.7. The maximum Gasteiger partial charge on any atom is 0.256 e. The van der Waals surface area contributed by atoms with Crippen molar-refractivity contribution in [2.75, 3.05) is 39.9 Å². The predicted molar refractivity (Wildman–Crippen MR) is 136 cm³/mol. The molecule has 2 saturated heterocycles. The van der Waals surface area contributed by atoms with Crippen molar-refractivity contribution in [3.8, 4) is 5.69 Å². The van der Waals surface area contributed by atoms with E-state index >= 15 is 0 Å². The molecule has 0 bridgehead atoms. The Morgan fingerprint density at radius 2 is 2.03 bits per heavy atom. The molecule has 0 unspecified atom stereocenters. The standard InChI is InChI=1S/C28H35FN4O2/c1-18(2)31(5)27(34)23-9-22(29)6-7-24(23)33-14-21(26-19(3)10-30-11-25(26)33)8-20-12-32(13-20)15-28(4)16-35-17-28/h6-7,9-11,14,18,20H,8,12-13,15-17H2,1-5H3. The molecule has 0 radical (unpaired) electrons. The summed E-state index contributed by atoms with van der Waals surface area (Å²) in [5, 5.41) is 1.18. The second-order valence-corrected chi connectivity index (χ2v) is 11.1. The zero-order chi connectivity index (χ0) is 24.9. The molecule has 186 valence electrons. The Morgan fingerprint density at radius 1 is 1.29 bits per heavy atom. The molecule has 2 aliphatic heterocycles. The molecule has 0 atom stereocenters. The van der Waals surface area contributed by atoms with Crippen molar-refractivity contribution >= 4 is 16.8 Å². The molecule has 1 amide bonds. The van der Waals surface area contributed by atoms with Gasteiger partial charge in [0, 0.05) is 55.9 Å². The number of aryl methyl sites for hydroxylation is 1. The van der Waals surface area contributed by atoms with Crippen LogP contribution in [0.5, 0.6) is 0 Å². The molecule has 1 aromatic carbocycles. The predicted octanol–water partition coefficient (Wildman–Crippen LogP) is 4.46. The van der Waals surface area contributed by atoms with Gasteiger partial charge in [-0.2, -0.15) is 0 Å². The molecular formula is C28H35FN4O2. The highest BCUT2D eigenvalue weighted by Crippen LogP contribution is 2.34. The molecule has 6 nitrogen and oxygen atoms in total. The van der Waals surface area contributed by atoms with Gasteiger partial charge in [0.2, 0.25) is 0 Å². The van der Waals surface area contributed by atoms with Crippen molar-refractivity contribution in [1.29, 1.82) is 0 Å². The Kier molecular flexibility index (Phi) is 6.18. The molecule has 7 heteroatoms. The number of carbonyl (C=O) groups is 1. The molecule has 4 heterocycles. The lowest BCUT2D eigenvalue weighted by molar-refractivity contribution is -0.126. The number of aromatic nitrogens is 2. The molecule has 2 fully saturated rings. The number of halogens is 1. The maximum absolute atomic E-state index is 14.3. The van der Waals surface area contributed by atoms with Crippen molar-refractivity contribution in [2.24, 2.45) is 11.3 Å². The normalized spacial score (nSPS) is 18.0. The topological polar surface area (TPSA) is 50.6 Å². The molecule has 35 heavy (non-hydrogen) atoms. The summed E-state index contributed by atoms with van der Waals surface area (Å²) in [6.45, 7) is 13.3. The number of hydrogen-bond acceptors (Lipinski definition) is 4. The first-order chi connectivity index (χ1) is 16.6. The van der Waals surface area contributed by atoms with Gasteiger partial charge in [-0.1, -0.05) is 6.92 Å². The van der Waals surface area contributed by atoms with E-state index < -0.39 is 5.82 Å². The quantitative estimate of drug-likeness (QED) is 0.503. The van der Waals surface area contributed by atoms with Crippen molar-refractivity contribution in [2.45, 2.75) is 40.2 Å². The molecule has 2 aliphatic rings. The third-order valence-corrected chi connectivity index (χ3v) is 7.57. The van der Waals surface area contributed by atoms with Crippen molar-refractivity contribution < 1.29 is 13.9 Å². The minimum absolute atomic E-state index is 0.00909. The highest BCUT2D eigenvalue weighted by atomic mass is 19.1. The smallest absolute Gasteiger partial charge is 0.256 e. The van der Waals surface area contributed by atoms with Crippen LogP contribution in [0.25, 0.3) is 16.6 Å². The van der Waals surface area contributed by atoms with Gasteiger partial charge in [0.05, 0.1) is 36.2 Å². The van der Waals surface area contributed by atoms with Crippen molar-refractivity contribution in [1.82, 2.24) is 19.4 Å². The minimum atomic E-state index is -0.416. The lowest BCUT2D eigenvalue weighted by Gasteiger charge is -2.47. The van der Waals surface area contributed by atoms with Crippen molar-refractivity contribution in [3.05, 3.63) is 59.3 Å². The summed E-state index contributed by atoms with van der Waals surface area (Å²) in [5.41, 5.74) is 4.65. The van der Waals surface area contributed by atoms with Crippen LogP contribution in [-0.4, -0.2) is 71.2 Å². The van der Waals surface area contributed by atoms with Crippen LogP contribution < -0.4 is 0 Å². The van der Waals surface area contributed by atoms with Gasteiger partial charge in [-0.05, 0) is 62.4 Å². The Labute approximate surface area is 206 Å². The van der Waals surface area contributed by atoms with E-state index in [2.05, 4.69) is 29.9 Å². The zero-order valence-electron chi connectivity index (χ0n) is 21.3. The van der Waals surface area contributed by atoms with Gasteiger partial charge < -0.3 is 19.1 Å². The van der Waals surface area contributed by atoms with Crippen LogP contribution >= 0.6 is 0 Å². The van der Waals surface area contributed by atoms with Crippen LogP contribution in [0.2, 0.25) is 0 Å². The van der Waals surface area contributed by atoms with Crippen LogP contribution in [0.3, 0.4) is 0 Å². The average Bonchev–Trinajstić information content (AvgIpc) is 3.14. The number of pyridine rings is 1. The summed E-state index contributed by atoms with van der Waals surface area (Å²) in [7, 11) is 1.76. The summed E-state index contributed by atoms with van der Waals surface area (Å²) >= 11 is 0. The fourth-order valence-electron chi connectivity index (χ4n) is 5.44. The lowest BCUT2D eigenvalue weighted by atomic mass is 9.84. The van der Waals surface area contributed by atoms with E-state index in [1.54, 1.807) is 18.0 Å². The average molecular weight is 479 g/mol. The van der Waals surface area contributed by atoms with Crippen LogP contribution in [0.1, 0.15) is 42.3 Å². The number of likely N-dealkylation sites (tertiary alicyclic amines) is 1. The Balaban J connectivity index is 1.47. The second kappa shape index (κ2) is 9.03. The Morgan fingerprint density at radius 3 is 2.69 bits per heavy atom. The number of benzene rings is 1. The zero-order valence-corrected chi connectivity index (χ0v) is 21.3. The number of carbonyl (C=O) groups excluding carboxylic acids is 1. The van der Waals surface area contributed by atoms with E-state index in [0.717, 1.165) is 50.3 Å². The number of nitrogens with zero attached hydrogens (tertiary/aromatic N) is 4. The summed E-state index contributed by atoms with van der Waals surface area (Å²) in [4.78, 5) is 21.9. The number of amides is 1. The van der Waals surface area contributed by atoms with Crippen LogP contribution in [0.4, 0.5) is 4.39 Å². The molecule has 5 rings (SSSR count). The SMILES string of the molecule is Cc1cncc2c1c(CC1CN(CC3(C)COC3)C1)cn2-c1ccc(F)cc1C(=O)N(C)C(C)C. The minimum Gasteiger partial charge on any atom is -0.380 e. The van der Waals surface area contributed by atoms with E-state index in [1.807, 2.05) is 30.8 Å². The molecule has 0 N–H and O–H groups in total. The lowest BCUT2D eigenvalue weighted by Crippen LogP contribution is -2.56. The fourth-order valence-corrected chi connectivity index (χ4v) is 5.44. The largest absolute Gasteiger partial charge is 0.380 e.